The molecule has 0 aliphatic heterocycles. The summed E-state index contributed by atoms with van der Waals surface area (Å²) in [6, 6.07) is 0. The van der Waals surface area contributed by atoms with Crippen LogP contribution in [0.1, 0.15) is 13.8 Å². The molecule has 0 unspecified atom stereocenters. The summed E-state index contributed by atoms with van der Waals surface area (Å²) in [5, 5.41) is 3.23. The molecule has 0 fully saturated rings. The minimum Gasteiger partial charge on any atom is -0.324 e. The number of hydrogen-bond acceptors (Lipinski definition) is 1. The number of halogens is 2. The van der Waals surface area contributed by atoms with Crippen LogP contribution in [-0.4, -0.2) is 5.91 Å². The second-order valence-electron chi connectivity index (χ2n) is 2.24. The van der Waals surface area contributed by atoms with Gasteiger partial charge < -0.3 is 5.32 Å². The van der Waals surface area contributed by atoms with Gasteiger partial charge >= 0.3 is 0 Å². The minimum absolute atomic E-state index is 0.227. The van der Waals surface area contributed by atoms with Crippen molar-refractivity contribution in [2.45, 2.75) is 13.8 Å². The van der Waals surface area contributed by atoms with E-state index in [1.54, 1.807) is 13.0 Å². The smallest absolute Gasteiger partial charge is 0.221 e. The van der Waals surface area contributed by atoms with Gasteiger partial charge in [0.05, 0.1) is 15.8 Å². The molecule has 1 amide bonds. The molecular formula is C9H11Cl2NO. The van der Waals surface area contributed by atoms with Gasteiger partial charge in [-0.25, -0.2) is 0 Å². The van der Waals surface area contributed by atoms with Crippen molar-refractivity contribution in [1.82, 2.24) is 5.32 Å². The second kappa shape index (κ2) is 5.84. The highest BCUT2D eigenvalue weighted by Crippen LogP contribution is 2.19. The lowest BCUT2D eigenvalue weighted by Gasteiger charge is -2.07. The first-order valence-electron chi connectivity index (χ1n) is 3.65. The first kappa shape index (κ1) is 12.3. The van der Waals surface area contributed by atoms with Crippen LogP contribution >= 0.6 is 23.2 Å². The van der Waals surface area contributed by atoms with Crippen molar-refractivity contribution in [2.75, 3.05) is 0 Å². The second-order valence-corrected chi connectivity index (χ2v) is 3.06. The highest BCUT2D eigenvalue weighted by Gasteiger charge is 2.07. The summed E-state index contributed by atoms with van der Waals surface area (Å²) >= 11 is 11.6. The third kappa shape index (κ3) is 4.15. The normalized spacial score (nSPS) is 13.4. The molecule has 13 heavy (non-hydrogen) atoms. The maximum absolute atomic E-state index is 10.8. The third-order valence-electron chi connectivity index (χ3n) is 1.21. The molecule has 0 aliphatic rings. The Balaban J connectivity index is 4.98. The molecule has 0 aliphatic carbocycles. The Morgan fingerprint density at radius 1 is 1.46 bits per heavy atom. The van der Waals surface area contributed by atoms with Crippen molar-refractivity contribution in [3.8, 4) is 0 Å². The van der Waals surface area contributed by atoms with Crippen LogP contribution < -0.4 is 5.32 Å². The summed E-state index contributed by atoms with van der Waals surface area (Å²) < 4.78 is 0. The molecule has 0 radical (unpaired) electrons. The van der Waals surface area contributed by atoms with E-state index in [-0.39, 0.29) is 5.91 Å². The van der Waals surface area contributed by atoms with Gasteiger partial charge in [0, 0.05) is 6.92 Å². The van der Waals surface area contributed by atoms with Gasteiger partial charge in [-0.3, -0.25) is 4.79 Å². The maximum atomic E-state index is 10.8. The molecule has 0 aromatic carbocycles. The monoisotopic (exact) mass is 219 g/mol. The number of nitrogens with one attached hydrogen (secondary N) is 1. The Labute approximate surface area is 87.9 Å². The van der Waals surface area contributed by atoms with Gasteiger partial charge in [0.2, 0.25) is 5.91 Å². The standard InChI is InChI=1S/C9H11Cl2NO/c1-4-7(10)9(8(11)5-2)12-6(3)13/h4-5H,1H2,2-3H3,(H,12,13)/b8-5+,9-7-. The summed E-state index contributed by atoms with van der Waals surface area (Å²) in [5.74, 6) is -0.227. The largest absolute Gasteiger partial charge is 0.324 e. The van der Waals surface area contributed by atoms with Gasteiger partial charge in [-0.1, -0.05) is 35.9 Å². The number of carbonyl (C=O) groups excluding carboxylic acids is 1. The van der Waals surface area contributed by atoms with Crippen molar-refractivity contribution in [1.29, 1.82) is 0 Å². The van der Waals surface area contributed by atoms with Crippen LogP contribution in [0.15, 0.2) is 34.5 Å². The molecule has 0 heterocycles. The number of allylic oxidation sites excluding steroid dienone is 4. The van der Waals surface area contributed by atoms with E-state index in [0.29, 0.717) is 15.8 Å². The van der Waals surface area contributed by atoms with Crippen LogP contribution in [-0.2, 0) is 4.79 Å². The lowest BCUT2D eigenvalue weighted by atomic mass is 10.3. The first-order chi connectivity index (χ1) is 6.02. The molecule has 0 aromatic rings. The van der Waals surface area contributed by atoms with Crippen molar-refractivity contribution in [3.63, 3.8) is 0 Å². The molecule has 1 N–H and O–H groups in total. The fourth-order valence-electron chi connectivity index (χ4n) is 0.656. The molecule has 0 saturated carbocycles. The molecule has 2 nitrogen and oxygen atoms in total. The summed E-state index contributed by atoms with van der Waals surface area (Å²) in [7, 11) is 0. The quantitative estimate of drug-likeness (QED) is 0.728. The van der Waals surface area contributed by atoms with Gasteiger partial charge in [0.15, 0.2) is 0 Å². The van der Waals surface area contributed by atoms with Crippen LogP contribution in [0.25, 0.3) is 0 Å². The van der Waals surface area contributed by atoms with E-state index >= 15 is 0 Å². The van der Waals surface area contributed by atoms with Crippen LogP contribution in [0.4, 0.5) is 0 Å². The zero-order valence-corrected chi connectivity index (χ0v) is 9.04. The predicted molar refractivity (Wildman–Crippen MR) is 56.5 cm³/mol. The third-order valence-corrected chi connectivity index (χ3v) is 1.96. The molecule has 72 valence electrons. The molecule has 0 atom stereocenters. The van der Waals surface area contributed by atoms with Crippen LogP contribution in [0, 0.1) is 0 Å². The van der Waals surface area contributed by atoms with E-state index in [0.717, 1.165) is 0 Å². The van der Waals surface area contributed by atoms with E-state index in [9.17, 15) is 4.79 Å². The van der Waals surface area contributed by atoms with E-state index in [2.05, 4.69) is 11.9 Å². The zero-order valence-electron chi connectivity index (χ0n) is 7.53. The van der Waals surface area contributed by atoms with Gasteiger partial charge in [0.1, 0.15) is 0 Å². The van der Waals surface area contributed by atoms with E-state index in [1.807, 2.05) is 0 Å². The fraction of sp³-hybridized carbons (Fsp3) is 0.222. The Morgan fingerprint density at radius 2 is 2.00 bits per heavy atom. The number of carbonyl (C=O) groups is 1. The van der Waals surface area contributed by atoms with E-state index in [4.69, 9.17) is 23.2 Å². The molecule has 0 saturated heterocycles. The molecule has 0 rings (SSSR count). The Hall–Kier alpha value is -0.730. The predicted octanol–water partition coefficient (Wildman–Crippen LogP) is 2.90. The van der Waals surface area contributed by atoms with Crippen molar-refractivity contribution < 1.29 is 4.79 Å². The summed E-state index contributed by atoms with van der Waals surface area (Å²) in [6.07, 6.45) is 3.05. The van der Waals surface area contributed by atoms with Crippen LogP contribution in [0.3, 0.4) is 0 Å². The SMILES string of the molecule is C=C/C(Cl)=C(NC(C)=O)\C(Cl)=C/C. The lowest BCUT2D eigenvalue weighted by Crippen LogP contribution is -2.20. The van der Waals surface area contributed by atoms with Crippen LogP contribution in [0.5, 0.6) is 0 Å². The number of hydrogen-bond donors (Lipinski definition) is 1. The highest BCUT2D eigenvalue weighted by atomic mass is 35.5. The topological polar surface area (TPSA) is 29.1 Å². The Bertz CT molecular complexity index is 279. The summed E-state index contributed by atoms with van der Waals surface area (Å²) in [4.78, 5) is 10.8. The first-order valence-corrected chi connectivity index (χ1v) is 4.40. The zero-order chi connectivity index (χ0) is 10.4. The van der Waals surface area contributed by atoms with E-state index < -0.39 is 0 Å². The summed E-state index contributed by atoms with van der Waals surface area (Å²) in [5.41, 5.74) is 0.383. The van der Waals surface area contributed by atoms with Crippen LogP contribution in [0.2, 0.25) is 0 Å². The summed E-state index contributed by atoms with van der Waals surface area (Å²) in [6.45, 7) is 6.61. The van der Waals surface area contributed by atoms with Crippen molar-refractivity contribution in [2.24, 2.45) is 0 Å². The molecule has 0 aromatic heterocycles. The lowest BCUT2D eigenvalue weighted by molar-refractivity contribution is -0.118. The Morgan fingerprint density at radius 3 is 2.31 bits per heavy atom. The number of amides is 1. The Kier molecular flexibility index (Phi) is 5.51. The van der Waals surface area contributed by atoms with Crippen molar-refractivity contribution in [3.05, 3.63) is 34.5 Å². The number of rotatable bonds is 3. The molecular weight excluding hydrogens is 209 g/mol. The maximum Gasteiger partial charge on any atom is 0.221 e. The fourth-order valence-corrected chi connectivity index (χ4v) is 1.00. The molecule has 4 heteroatoms. The van der Waals surface area contributed by atoms with Crippen molar-refractivity contribution >= 4 is 29.1 Å². The van der Waals surface area contributed by atoms with E-state index in [1.165, 1.54) is 13.0 Å². The molecule has 0 bridgehead atoms. The average molecular weight is 220 g/mol. The van der Waals surface area contributed by atoms with Gasteiger partial charge in [-0.05, 0) is 13.0 Å². The van der Waals surface area contributed by atoms with Gasteiger partial charge in [-0.2, -0.15) is 0 Å². The van der Waals surface area contributed by atoms with Gasteiger partial charge in [0.25, 0.3) is 0 Å². The molecule has 0 spiro atoms. The van der Waals surface area contributed by atoms with Gasteiger partial charge in [-0.15, -0.1) is 0 Å². The highest BCUT2D eigenvalue weighted by molar-refractivity contribution is 6.36. The average Bonchev–Trinajstić information content (AvgIpc) is 2.11. The minimum atomic E-state index is -0.227.